The standard InChI is InChI=1S/C29H42O11/c1-16-5-8-20-28(2,10-4-11-29(20,3)18(16)7-6-17-9-12-37-26(17)36)15-39-27-25(35)24(34)23(33)19(40-27)14-38-22(32)13-21(30)31/h9,18-20,23-25,27,33-35H,1,4-8,10-15H2,2-3H3,(H,30,31)/t18-,19-,20+,23+,24+,25+,27-,28-,29-/m0/s1. The van der Waals surface area contributed by atoms with Crippen LogP contribution in [0.1, 0.15) is 65.2 Å². The van der Waals surface area contributed by atoms with Crippen molar-refractivity contribution in [3.63, 3.8) is 0 Å². The van der Waals surface area contributed by atoms with E-state index in [2.05, 4.69) is 20.4 Å². The molecule has 3 fully saturated rings. The molecule has 2 aliphatic heterocycles. The number of aliphatic carboxylic acids is 1. The average molecular weight is 567 g/mol. The second kappa shape index (κ2) is 12.3. The van der Waals surface area contributed by atoms with Crippen molar-refractivity contribution in [3.05, 3.63) is 23.8 Å². The number of aliphatic hydroxyl groups excluding tert-OH is 3. The summed E-state index contributed by atoms with van der Waals surface area (Å²) < 4.78 is 21.8. The lowest BCUT2D eigenvalue weighted by molar-refractivity contribution is -0.310. The molecule has 0 radical (unpaired) electrons. The molecule has 4 rings (SSSR count). The van der Waals surface area contributed by atoms with E-state index in [-0.39, 0.29) is 35.2 Å². The van der Waals surface area contributed by atoms with Gasteiger partial charge >= 0.3 is 17.9 Å². The van der Waals surface area contributed by atoms with Gasteiger partial charge in [-0.15, -0.1) is 0 Å². The van der Waals surface area contributed by atoms with Gasteiger partial charge in [0.2, 0.25) is 0 Å². The van der Waals surface area contributed by atoms with Crippen molar-refractivity contribution in [1.29, 1.82) is 0 Å². The second-order valence-corrected chi connectivity index (χ2v) is 12.3. The van der Waals surface area contributed by atoms with Crippen LogP contribution >= 0.6 is 0 Å². The first-order valence-corrected chi connectivity index (χ1v) is 14.1. The Morgan fingerprint density at radius 1 is 1.15 bits per heavy atom. The molecule has 2 saturated carbocycles. The van der Waals surface area contributed by atoms with Gasteiger partial charge in [-0.05, 0) is 67.3 Å². The fourth-order valence-corrected chi connectivity index (χ4v) is 7.50. The summed E-state index contributed by atoms with van der Waals surface area (Å²) in [5.74, 6) is -2.09. The Bertz CT molecular complexity index is 1020. The average Bonchev–Trinajstić information content (AvgIpc) is 3.29. The van der Waals surface area contributed by atoms with Crippen LogP contribution < -0.4 is 0 Å². The van der Waals surface area contributed by atoms with E-state index in [9.17, 15) is 29.7 Å². The van der Waals surface area contributed by atoms with E-state index in [1.54, 1.807) is 0 Å². The number of carbonyl (C=O) groups is 3. The fourth-order valence-electron chi connectivity index (χ4n) is 7.50. The molecule has 0 aromatic rings. The maximum absolute atomic E-state index is 12.0. The number of rotatable bonds is 10. The molecule has 1 saturated heterocycles. The molecule has 0 bridgehead atoms. The number of allylic oxidation sites excluding steroid dienone is 1. The summed E-state index contributed by atoms with van der Waals surface area (Å²) in [4.78, 5) is 34.3. The van der Waals surface area contributed by atoms with Crippen molar-refractivity contribution in [2.75, 3.05) is 19.8 Å². The lowest BCUT2D eigenvalue weighted by Gasteiger charge is -2.59. The lowest BCUT2D eigenvalue weighted by atomic mass is 9.47. The summed E-state index contributed by atoms with van der Waals surface area (Å²) in [7, 11) is 0. The van der Waals surface area contributed by atoms with Crippen LogP contribution in [-0.4, -0.2) is 88.9 Å². The van der Waals surface area contributed by atoms with E-state index in [0.717, 1.165) is 44.1 Å². The van der Waals surface area contributed by atoms with E-state index in [1.165, 1.54) is 5.57 Å². The van der Waals surface area contributed by atoms with Crippen LogP contribution in [0.4, 0.5) is 0 Å². The third-order valence-electron chi connectivity index (χ3n) is 9.60. The minimum Gasteiger partial charge on any atom is -0.481 e. The number of ether oxygens (including phenoxy) is 4. The molecule has 0 unspecified atom stereocenters. The van der Waals surface area contributed by atoms with Gasteiger partial charge in [-0.3, -0.25) is 9.59 Å². The number of carboxylic acids is 1. The molecule has 224 valence electrons. The van der Waals surface area contributed by atoms with Crippen LogP contribution in [0.2, 0.25) is 0 Å². The maximum atomic E-state index is 12.0. The second-order valence-electron chi connectivity index (χ2n) is 12.3. The van der Waals surface area contributed by atoms with Crippen LogP contribution in [0.25, 0.3) is 0 Å². The largest absolute Gasteiger partial charge is 0.481 e. The SMILES string of the molecule is C=C1CC[C@@H]2[C@](C)(CO[C@H]3O[C@@H](COC(=O)CC(=O)O)[C@@H](O)[C@@H](O)[C@H]3O)CCC[C@@]2(C)[C@H]1CCC1=CCOC1=O. The molecule has 4 aliphatic rings. The zero-order valence-corrected chi connectivity index (χ0v) is 23.3. The van der Waals surface area contributed by atoms with Gasteiger partial charge in [0.25, 0.3) is 0 Å². The highest BCUT2D eigenvalue weighted by molar-refractivity contribution is 5.90. The first-order valence-electron chi connectivity index (χ1n) is 14.1. The molecule has 11 nitrogen and oxygen atoms in total. The van der Waals surface area contributed by atoms with Crippen molar-refractivity contribution < 1.29 is 53.8 Å². The number of aliphatic hydroxyl groups is 3. The lowest BCUT2D eigenvalue weighted by Crippen LogP contribution is -2.60. The quantitative estimate of drug-likeness (QED) is 0.173. The normalized spacial score (nSPS) is 39.7. The summed E-state index contributed by atoms with van der Waals surface area (Å²) in [6.45, 7) is 8.95. The third-order valence-corrected chi connectivity index (χ3v) is 9.60. The van der Waals surface area contributed by atoms with Gasteiger partial charge in [0.1, 0.15) is 44.1 Å². The number of hydrogen-bond acceptors (Lipinski definition) is 10. The molecule has 4 N–H and O–H groups in total. The van der Waals surface area contributed by atoms with Gasteiger partial charge in [-0.2, -0.15) is 0 Å². The number of cyclic esters (lactones) is 1. The maximum Gasteiger partial charge on any atom is 0.334 e. The van der Waals surface area contributed by atoms with Crippen LogP contribution in [-0.2, 0) is 33.3 Å². The minimum absolute atomic E-state index is 0.0581. The minimum atomic E-state index is -1.61. The van der Waals surface area contributed by atoms with Crippen molar-refractivity contribution in [3.8, 4) is 0 Å². The molecule has 0 spiro atoms. The number of esters is 2. The summed E-state index contributed by atoms with van der Waals surface area (Å²) in [5.41, 5.74) is 1.61. The monoisotopic (exact) mass is 566 g/mol. The van der Waals surface area contributed by atoms with Gasteiger partial charge in [0.05, 0.1) is 6.61 Å². The molecule has 2 aliphatic carbocycles. The molecule has 2 heterocycles. The highest BCUT2D eigenvalue weighted by Crippen LogP contribution is 2.62. The van der Waals surface area contributed by atoms with E-state index in [0.29, 0.717) is 13.0 Å². The molecule has 0 aromatic heterocycles. The van der Waals surface area contributed by atoms with Crippen LogP contribution in [0, 0.1) is 22.7 Å². The van der Waals surface area contributed by atoms with Crippen molar-refractivity contribution >= 4 is 17.9 Å². The smallest absolute Gasteiger partial charge is 0.334 e. The highest BCUT2D eigenvalue weighted by atomic mass is 16.7. The third kappa shape index (κ3) is 6.28. The predicted molar refractivity (Wildman–Crippen MR) is 140 cm³/mol. The van der Waals surface area contributed by atoms with Gasteiger partial charge in [0.15, 0.2) is 6.29 Å². The zero-order chi connectivity index (χ0) is 29.2. The summed E-state index contributed by atoms with van der Waals surface area (Å²) in [6.07, 6.45) is 0.0154. The van der Waals surface area contributed by atoms with E-state index < -0.39 is 55.7 Å². The number of carboxylic acid groups (broad SMARTS) is 1. The van der Waals surface area contributed by atoms with Crippen molar-refractivity contribution in [2.24, 2.45) is 22.7 Å². The molecular formula is C29H42O11. The molecule has 0 aromatic carbocycles. The summed E-state index contributed by atoms with van der Waals surface area (Å²) in [6, 6.07) is 0. The first-order chi connectivity index (χ1) is 18.9. The predicted octanol–water partition coefficient (Wildman–Crippen LogP) is 1.87. The van der Waals surface area contributed by atoms with Crippen molar-refractivity contribution in [2.45, 2.75) is 95.9 Å². The van der Waals surface area contributed by atoms with E-state index in [4.69, 9.17) is 24.1 Å². The van der Waals surface area contributed by atoms with Crippen molar-refractivity contribution in [1.82, 2.24) is 0 Å². The highest BCUT2D eigenvalue weighted by Gasteiger charge is 2.55. The molecule has 0 amide bonds. The Labute approximate surface area is 234 Å². The van der Waals surface area contributed by atoms with Gasteiger partial charge in [-0.1, -0.05) is 32.4 Å². The summed E-state index contributed by atoms with van der Waals surface area (Å²) in [5, 5.41) is 40.1. The fraction of sp³-hybridized carbons (Fsp3) is 0.759. The Kier molecular flexibility index (Phi) is 9.41. The van der Waals surface area contributed by atoms with E-state index in [1.807, 2.05) is 6.08 Å². The molecule has 40 heavy (non-hydrogen) atoms. The zero-order valence-electron chi connectivity index (χ0n) is 23.3. The Hall–Kier alpha value is -2.31. The van der Waals surface area contributed by atoms with Crippen LogP contribution in [0.3, 0.4) is 0 Å². The van der Waals surface area contributed by atoms with Crippen LogP contribution in [0.5, 0.6) is 0 Å². The molecule has 9 atom stereocenters. The Morgan fingerprint density at radius 2 is 1.90 bits per heavy atom. The molecule has 11 heteroatoms. The Morgan fingerprint density at radius 3 is 2.58 bits per heavy atom. The van der Waals surface area contributed by atoms with Crippen LogP contribution in [0.15, 0.2) is 23.8 Å². The number of hydrogen-bond donors (Lipinski definition) is 4. The van der Waals surface area contributed by atoms with Gasteiger partial charge in [0, 0.05) is 5.57 Å². The molecular weight excluding hydrogens is 524 g/mol. The Balaban J connectivity index is 1.42. The van der Waals surface area contributed by atoms with E-state index >= 15 is 0 Å². The number of carbonyl (C=O) groups excluding carboxylic acids is 2. The number of fused-ring (bicyclic) bond motifs is 1. The van der Waals surface area contributed by atoms with Gasteiger partial charge in [-0.25, -0.2) is 4.79 Å². The first kappa shape index (κ1) is 30.6. The topological polar surface area (TPSA) is 169 Å². The summed E-state index contributed by atoms with van der Waals surface area (Å²) >= 11 is 0. The van der Waals surface area contributed by atoms with Gasteiger partial charge < -0.3 is 39.4 Å².